The van der Waals surface area contributed by atoms with E-state index >= 15 is 0 Å². The van der Waals surface area contributed by atoms with Crippen LogP contribution in [-0.4, -0.2) is 30.0 Å². The fourth-order valence-corrected chi connectivity index (χ4v) is 3.50. The summed E-state index contributed by atoms with van der Waals surface area (Å²) in [5, 5.41) is 15.8. The molecule has 0 radical (unpaired) electrons. The zero-order valence-electron chi connectivity index (χ0n) is 17.2. The number of amides is 1. The van der Waals surface area contributed by atoms with Gasteiger partial charge in [0.25, 0.3) is 15.9 Å². The maximum atomic E-state index is 12.4. The molecular formula is C21H19N7O3S. The third kappa shape index (κ3) is 5.65. The van der Waals surface area contributed by atoms with Crippen LogP contribution in [0.15, 0.2) is 70.9 Å². The number of hydrazone groups is 1. The van der Waals surface area contributed by atoms with Gasteiger partial charge in [0.15, 0.2) is 0 Å². The van der Waals surface area contributed by atoms with Crippen molar-refractivity contribution in [1.29, 1.82) is 5.26 Å². The molecule has 10 nitrogen and oxygen atoms in total. The number of aryl methyl sites for hydroxylation is 2. The summed E-state index contributed by atoms with van der Waals surface area (Å²) in [6.07, 6.45) is 2.83. The van der Waals surface area contributed by atoms with E-state index in [4.69, 9.17) is 0 Å². The van der Waals surface area contributed by atoms with Gasteiger partial charge in [0.05, 0.1) is 10.6 Å². The monoisotopic (exact) mass is 449 g/mol. The van der Waals surface area contributed by atoms with Crippen LogP contribution in [-0.2, 0) is 14.8 Å². The highest BCUT2D eigenvalue weighted by atomic mass is 32.2. The maximum Gasteiger partial charge on any atom is 0.287 e. The van der Waals surface area contributed by atoms with E-state index < -0.39 is 15.9 Å². The van der Waals surface area contributed by atoms with Gasteiger partial charge in [0.1, 0.15) is 6.07 Å². The molecule has 1 heterocycles. The van der Waals surface area contributed by atoms with Crippen LogP contribution < -0.4 is 15.5 Å². The van der Waals surface area contributed by atoms with Gasteiger partial charge in [0, 0.05) is 18.1 Å². The zero-order valence-corrected chi connectivity index (χ0v) is 18.0. The van der Waals surface area contributed by atoms with Crippen molar-refractivity contribution in [2.75, 3.05) is 15.5 Å². The quantitative estimate of drug-likeness (QED) is 0.371. The van der Waals surface area contributed by atoms with Crippen molar-refractivity contribution < 1.29 is 13.2 Å². The fourth-order valence-electron chi connectivity index (χ4n) is 2.54. The number of nitrogens with one attached hydrogen (secondary N) is 3. The van der Waals surface area contributed by atoms with Crippen molar-refractivity contribution in [3.8, 4) is 6.07 Å². The van der Waals surface area contributed by atoms with Crippen molar-refractivity contribution in [1.82, 2.24) is 9.97 Å². The number of sulfonamides is 1. The molecule has 162 valence electrons. The minimum atomic E-state index is -3.88. The second-order valence-electron chi connectivity index (χ2n) is 6.66. The van der Waals surface area contributed by atoms with Gasteiger partial charge in [0.2, 0.25) is 11.7 Å². The standard InChI is InChI=1S/C21H19N7O3S/c1-14-4-5-15(2)18(12-14)25-20(29)19(13-22)27-26-16-6-8-17(9-7-16)32(30,31)28-21-23-10-3-11-24-21/h3-12,26H,1-2H3,(H,25,29)(H,23,24,28). The molecule has 0 atom stereocenters. The van der Waals surface area contributed by atoms with E-state index in [2.05, 4.69) is 30.5 Å². The van der Waals surface area contributed by atoms with Gasteiger partial charge < -0.3 is 5.32 Å². The molecule has 0 aliphatic carbocycles. The van der Waals surface area contributed by atoms with Gasteiger partial charge in [-0.3, -0.25) is 10.2 Å². The Labute approximate surface area is 185 Å². The van der Waals surface area contributed by atoms with Crippen LogP contribution in [0, 0.1) is 25.2 Å². The van der Waals surface area contributed by atoms with Gasteiger partial charge in [-0.1, -0.05) is 12.1 Å². The number of anilines is 3. The molecule has 3 rings (SSSR count). The maximum absolute atomic E-state index is 12.4. The van der Waals surface area contributed by atoms with E-state index in [1.54, 1.807) is 18.2 Å². The molecule has 11 heteroatoms. The molecular weight excluding hydrogens is 430 g/mol. The Morgan fingerprint density at radius 2 is 1.75 bits per heavy atom. The molecule has 0 saturated carbocycles. The molecule has 2 aromatic carbocycles. The highest BCUT2D eigenvalue weighted by molar-refractivity contribution is 7.92. The van der Waals surface area contributed by atoms with Gasteiger partial charge in [-0.25, -0.2) is 23.1 Å². The fraction of sp³-hybridized carbons (Fsp3) is 0.0952. The largest absolute Gasteiger partial charge is 0.320 e. The van der Waals surface area contributed by atoms with Gasteiger partial charge in [-0.05, 0) is 61.4 Å². The molecule has 1 amide bonds. The molecule has 0 aliphatic rings. The van der Waals surface area contributed by atoms with Gasteiger partial charge in [-0.2, -0.15) is 10.4 Å². The Morgan fingerprint density at radius 1 is 1.06 bits per heavy atom. The number of rotatable bonds is 7. The molecule has 0 aliphatic heterocycles. The third-order valence-corrected chi connectivity index (χ3v) is 5.56. The van der Waals surface area contributed by atoms with Crippen LogP contribution in [0.3, 0.4) is 0 Å². The lowest BCUT2D eigenvalue weighted by Crippen LogP contribution is -2.23. The van der Waals surface area contributed by atoms with E-state index in [0.29, 0.717) is 11.4 Å². The van der Waals surface area contributed by atoms with Gasteiger partial charge >= 0.3 is 0 Å². The van der Waals surface area contributed by atoms with Crippen molar-refractivity contribution in [2.24, 2.45) is 5.10 Å². The summed E-state index contributed by atoms with van der Waals surface area (Å²) in [7, 11) is -3.88. The Bertz CT molecular complexity index is 1300. The molecule has 3 aromatic rings. The molecule has 3 N–H and O–H groups in total. The van der Waals surface area contributed by atoms with Crippen molar-refractivity contribution in [3.63, 3.8) is 0 Å². The van der Waals surface area contributed by atoms with E-state index in [1.165, 1.54) is 36.7 Å². The number of hydrogen-bond donors (Lipinski definition) is 3. The summed E-state index contributed by atoms with van der Waals surface area (Å²) in [5.74, 6) is -0.715. The third-order valence-electron chi connectivity index (χ3n) is 4.22. The van der Waals surface area contributed by atoms with Crippen LogP contribution in [0.2, 0.25) is 0 Å². The summed E-state index contributed by atoms with van der Waals surface area (Å²) in [6, 6.07) is 14.5. The molecule has 0 spiro atoms. The van der Waals surface area contributed by atoms with E-state index in [9.17, 15) is 18.5 Å². The molecule has 0 bridgehead atoms. The predicted molar refractivity (Wildman–Crippen MR) is 120 cm³/mol. The first-order valence-corrected chi connectivity index (χ1v) is 10.8. The first-order valence-electron chi connectivity index (χ1n) is 9.31. The Morgan fingerprint density at radius 3 is 2.41 bits per heavy atom. The highest BCUT2D eigenvalue weighted by Gasteiger charge is 2.16. The second kappa shape index (κ2) is 9.67. The average molecular weight is 449 g/mol. The zero-order chi connectivity index (χ0) is 23.1. The lowest BCUT2D eigenvalue weighted by atomic mass is 10.1. The predicted octanol–water partition coefficient (Wildman–Crippen LogP) is 2.82. The topological polar surface area (TPSA) is 149 Å². The van der Waals surface area contributed by atoms with Crippen LogP contribution in [0.4, 0.5) is 17.3 Å². The molecule has 0 unspecified atom stereocenters. The van der Waals surface area contributed by atoms with Crippen LogP contribution in [0.1, 0.15) is 11.1 Å². The number of carbonyl (C=O) groups excluding carboxylic acids is 1. The van der Waals surface area contributed by atoms with E-state index in [0.717, 1.165) is 11.1 Å². The summed E-state index contributed by atoms with van der Waals surface area (Å²) < 4.78 is 27.1. The van der Waals surface area contributed by atoms with Crippen LogP contribution >= 0.6 is 0 Å². The minimum absolute atomic E-state index is 0.0207. The first kappa shape index (κ1) is 22.4. The normalized spacial score (nSPS) is 11.3. The Balaban J connectivity index is 1.69. The Hall–Kier alpha value is -4.30. The number of carbonyl (C=O) groups is 1. The molecule has 32 heavy (non-hydrogen) atoms. The smallest absolute Gasteiger partial charge is 0.287 e. The molecule has 0 saturated heterocycles. The first-order chi connectivity index (χ1) is 15.3. The SMILES string of the molecule is Cc1ccc(C)c(NC(=O)C(C#N)=NNc2ccc(S(=O)(=O)Nc3ncccn3)cc2)c1. The van der Waals surface area contributed by atoms with Crippen molar-refractivity contribution in [3.05, 3.63) is 72.1 Å². The van der Waals surface area contributed by atoms with Crippen molar-refractivity contribution >= 4 is 39.0 Å². The van der Waals surface area contributed by atoms with Crippen LogP contribution in [0.25, 0.3) is 0 Å². The summed E-state index contributed by atoms with van der Waals surface area (Å²) in [5.41, 5.74) is 4.97. The molecule has 1 aromatic heterocycles. The highest BCUT2D eigenvalue weighted by Crippen LogP contribution is 2.18. The number of hydrogen-bond acceptors (Lipinski definition) is 8. The Kier molecular flexibility index (Phi) is 6.77. The van der Waals surface area contributed by atoms with Crippen LogP contribution in [0.5, 0.6) is 0 Å². The summed E-state index contributed by atoms with van der Waals surface area (Å²) in [6.45, 7) is 3.73. The second-order valence-corrected chi connectivity index (χ2v) is 8.34. The summed E-state index contributed by atoms with van der Waals surface area (Å²) in [4.78, 5) is 20.0. The average Bonchev–Trinajstić information content (AvgIpc) is 2.77. The lowest BCUT2D eigenvalue weighted by Gasteiger charge is -2.09. The number of nitriles is 1. The number of nitrogens with zero attached hydrogens (tertiary/aromatic N) is 4. The van der Waals surface area contributed by atoms with E-state index in [1.807, 2.05) is 26.0 Å². The van der Waals surface area contributed by atoms with Crippen molar-refractivity contribution in [2.45, 2.75) is 18.7 Å². The molecule has 0 fully saturated rings. The number of benzene rings is 2. The number of aromatic nitrogens is 2. The lowest BCUT2D eigenvalue weighted by molar-refractivity contribution is -0.110. The van der Waals surface area contributed by atoms with E-state index in [-0.39, 0.29) is 16.6 Å². The summed E-state index contributed by atoms with van der Waals surface area (Å²) >= 11 is 0. The van der Waals surface area contributed by atoms with Gasteiger partial charge in [-0.15, -0.1) is 0 Å². The minimum Gasteiger partial charge on any atom is -0.320 e.